The molecule has 0 aliphatic heterocycles. The van der Waals surface area contributed by atoms with Gasteiger partial charge in [0.2, 0.25) is 0 Å². The lowest BCUT2D eigenvalue weighted by Gasteiger charge is -2.06. The number of aliphatic hydroxyl groups excluding tert-OH is 1. The molecule has 3 heteroatoms. The molecule has 0 aromatic carbocycles. The molecule has 88 valence electrons. The van der Waals surface area contributed by atoms with E-state index in [1.807, 2.05) is 6.92 Å². The molecule has 0 radical (unpaired) electrons. The van der Waals surface area contributed by atoms with E-state index in [1.165, 1.54) is 6.08 Å². The predicted octanol–water partition coefficient (Wildman–Crippen LogP) is 2.44. The Hall–Kier alpha value is -0.830. The average molecular weight is 214 g/mol. The molecule has 0 saturated carbocycles. The summed E-state index contributed by atoms with van der Waals surface area (Å²) < 4.78 is 4.83. The van der Waals surface area contributed by atoms with Gasteiger partial charge in [0.25, 0.3) is 0 Å². The van der Waals surface area contributed by atoms with Crippen LogP contribution in [0.4, 0.5) is 0 Å². The molecular weight excluding hydrogens is 192 g/mol. The van der Waals surface area contributed by atoms with Crippen LogP contribution in [-0.2, 0) is 9.53 Å². The third kappa shape index (κ3) is 9.47. The highest BCUT2D eigenvalue weighted by molar-refractivity contribution is 5.81. The van der Waals surface area contributed by atoms with Crippen LogP contribution in [0.5, 0.6) is 0 Å². The second kappa shape index (κ2) is 9.71. The van der Waals surface area contributed by atoms with Crippen molar-refractivity contribution in [2.45, 2.75) is 51.6 Å². The third-order valence-electron chi connectivity index (χ3n) is 2.31. The van der Waals surface area contributed by atoms with Crippen LogP contribution in [-0.4, -0.2) is 23.8 Å². The molecule has 15 heavy (non-hydrogen) atoms. The van der Waals surface area contributed by atoms with Crippen LogP contribution in [0.1, 0.15) is 45.4 Å². The highest BCUT2D eigenvalue weighted by Crippen LogP contribution is 2.07. The van der Waals surface area contributed by atoms with Gasteiger partial charge >= 0.3 is 5.97 Å². The van der Waals surface area contributed by atoms with E-state index in [4.69, 9.17) is 4.74 Å². The molecule has 1 atom stereocenters. The van der Waals surface area contributed by atoms with Crippen molar-refractivity contribution in [3.8, 4) is 0 Å². The van der Waals surface area contributed by atoms with Crippen LogP contribution < -0.4 is 0 Å². The normalized spacial score (nSPS) is 12.1. The Balaban J connectivity index is 3.11. The summed E-state index contributed by atoms with van der Waals surface area (Å²) in [6.45, 7) is 5.77. The predicted molar refractivity (Wildman–Crippen MR) is 60.5 cm³/mol. The third-order valence-corrected chi connectivity index (χ3v) is 2.31. The summed E-state index contributed by atoms with van der Waals surface area (Å²) in [6, 6.07) is 0. The molecule has 3 nitrogen and oxygen atoms in total. The topological polar surface area (TPSA) is 46.5 Å². The molecule has 0 bridgehead atoms. The number of hydrogen-bond acceptors (Lipinski definition) is 3. The first kappa shape index (κ1) is 14.2. The summed E-state index contributed by atoms with van der Waals surface area (Å²) in [5.41, 5.74) is 0. The van der Waals surface area contributed by atoms with E-state index >= 15 is 0 Å². The minimum atomic E-state index is -0.351. The molecule has 0 fully saturated rings. The van der Waals surface area contributed by atoms with Gasteiger partial charge in [-0.3, -0.25) is 0 Å². The van der Waals surface area contributed by atoms with Crippen molar-refractivity contribution in [2.24, 2.45) is 0 Å². The highest BCUT2D eigenvalue weighted by atomic mass is 16.5. The van der Waals surface area contributed by atoms with Gasteiger partial charge in [-0.1, -0.05) is 32.8 Å². The van der Waals surface area contributed by atoms with Gasteiger partial charge in [-0.05, 0) is 19.3 Å². The molecule has 0 saturated heterocycles. The summed E-state index contributed by atoms with van der Waals surface area (Å²) in [6.07, 6.45) is 6.80. The molecule has 0 aliphatic carbocycles. The highest BCUT2D eigenvalue weighted by Gasteiger charge is 2.00. The number of aliphatic hydroxyl groups is 1. The van der Waals surface area contributed by atoms with E-state index in [0.29, 0.717) is 6.61 Å². The van der Waals surface area contributed by atoms with Crippen LogP contribution in [0.3, 0.4) is 0 Å². The molecular formula is C12H22O3. The Morgan fingerprint density at radius 3 is 2.67 bits per heavy atom. The van der Waals surface area contributed by atoms with Crippen molar-refractivity contribution >= 4 is 5.97 Å². The quantitative estimate of drug-likeness (QED) is 0.364. The van der Waals surface area contributed by atoms with Crippen molar-refractivity contribution < 1.29 is 14.6 Å². The molecule has 0 heterocycles. The molecule has 0 spiro atoms. The number of carbonyl (C=O) groups excluding carboxylic acids is 1. The number of ether oxygens (including phenoxy) is 1. The first-order valence-corrected chi connectivity index (χ1v) is 5.68. The van der Waals surface area contributed by atoms with E-state index in [9.17, 15) is 9.90 Å². The Labute approximate surface area is 92.1 Å². The lowest BCUT2D eigenvalue weighted by atomic mass is 10.1. The number of hydrogen-bond donors (Lipinski definition) is 1. The maximum atomic E-state index is 10.7. The molecule has 0 aromatic rings. The summed E-state index contributed by atoms with van der Waals surface area (Å²) in [5.74, 6) is -0.351. The summed E-state index contributed by atoms with van der Waals surface area (Å²) in [5, 5.41) is 9.28. The summed E-state index contributed by atoms with van der Waals surface area (Å²) >= 11 is 0. The zero-order valence-electron chi connectivity index (χ0n) is 9.58. The van der Waals surface area contributed by atoms with Gasteiger partial charge in [0.05, 0.1) is 12.7 Å². The lowest BCUT2D eigenvalue weighted by molar-refractivity contribution is -0.137. The van der Waals surface area contributed by atoms with Gasteiger partial charge in [-0.25, -0.2) is 4.79 Å². The standard InChI is InChI=1S/C12H22O3/c1-3-11(13)9-7-5-6-8-10-15-12(14)4-2/h4,11,13H,2-3,5-10H2,1H3. The fourth-order valence-electron chi connectivity index (χ4n) is 1.27. The van der Waals surface area contributed by atoms with E-state index in [2.05, 4.69) is 6.58 Å². The molecule has 0 rings (SSSR count). The fraction of sp³-hybridized carbons (Fsp3) is 0.750. The van der Waals surface area contributed by atoms with Crippen LogP contribution in [0, 0.1) is 0 Å². The second-order valence-electron chi connectivity index (χ2n) is 3.64. The molecule has 0 aromatic heterocycles. The zero-order chi connectivity index (χ0) is 11.5. The number of esters is 1. The molecule has 0 aliphatic rings. The van der Waals surface area contributed by atoms with Crippen molar-refractivity contribution in [2.75, 3.05) is 6.61 Å². The van der Waals surface area contributed by atoms with E-state index in [1.54, 1.807) is 0 Å². The van der Waals surface area contributed by atoms with Gasteiger partial charge in [-0.15, -0.1) is 0 Å². The van der Waals surface area contributed by atoms with Gasteiger partial charge in [0.1, 0.15) is 0 Å². The summed E-state index contributed by atoms with van der Waals surface area (Å²) in [7, 11) is 0. The van der Waals surface area contributed by atoms with Crippen LogP contribution in [0.25, 0.3) is 0 Å². The Bertz CT molecular complexity index is 178. The smallest absolute Gasteiger partial charge is 0.330 e. The maximum absolute atomic E-state index is 10.7. The Kier molecular flexibility index (Phi) is 9.18. The number of unbranched alkanes of at least 4 members (excludes halogenated alkanes) is 3. The molecule has 1 N–H and O–H groups in total. The second-order valence-corrected chi connectivity index (χ2v) is 3.64. The van der Waals surface area contributed by atoms with E-state index in [0.717, 1.165) is 38.5 Å². The van der Waals surface area contributed by atoms with Gasteiger partial charge in [0.15, 0.2) is 0 Å². The van der Waals surface area contributed by atoms with Gasteiger partial charge in [0, 0.05) is 6.08 Å². The van der Waals surface area contributed by atoms with Crippen molar-refractivity contribution in [1.29, 1.82) is 0 Å². The monoisotopic (exact) mass is 214 g/mol. The number of carbonyl (C=O) groups is 1. The maximum Gasteiger partial charge on any atom is 0.330 e. The Morgan fingerprint density at radius 1 is 1.40 bits per heavy atom. The van der Waals surface area contributed by atoms with Crippen LogP contribution in [0.2, 0.25) is 0 Å². The number of rotatable bonds is 9. The van der Waals surface area contributed by atoms with Crippen molar-refractivity contribution in [1.82, 2.24) is 0 Å². The van der Waals surface area contributed by atoms with Gasteiger partial charge < -0.3 is 9.84 Å². The Morgan fingerprint density at radius 2 is 2.07 bits per heavy atom. The minimum absolute atomic E-state index is 0.149. The van der Waals surface area contributed by atoms with Gasteiger partial charge in [-0.2, -0.15) is 0 Å². The lowest BCUT2D eigenvalue weighted by Crippen LogP contribution is -2.04. The van der Waals surface area contributed by atoms with Crippen molar-refractivity contribution in [3.63, 3.8) is 0 Å². The molecule has 1 unspecified atom stereocenters. The van der Waals surface area contributed by atoms with Crippen molar-refractivity contribution in [3.05, 3.63) is 12.7 Å². The fourth-order valence-corrected chi connectivity index (χ4v) is 1.27. The minimum Gasteiger partial charge on any atom is -0.463 e. The van der Waals surface area contributed by atoms with Crippen LogP contribution in [0.15, 0.2) is 12.7 Å². The van der Waals surface area contributed by atoms with Crippen LogP contribution >= 0.6 is 0 Å². The molecule has 0 amide bonds. The van der Waals surface area contributed by atoms with E-state index < -0.39 is 0 Å². The first-order valence-electron chi connectivity index (χ1n) is 5.68. The van der Waals surface area contributed by atoms with E-state index in [-0.39, 0.29) is 12.1 Å². The summed E-state index contributed by atoms with van der Waals surface area (Å²) in [4.78, 5) is 10.7. The zero-order valence-corrected chi connectivity index (χ0v) is 9.58. The first-order chi connectivity index (χ1) is 7.20. The largest absolute Gasteiger partial charge is 0.463 e. The average Bonchev–Trinajstić information content (AvgIpc) is 2.26. The SMILES string of the molecule is C=CC(=O)OCCCCCCC(O)CC.